The second-order valence-corrected chi connectivity index (χ2v) is 0.957. The summed E-state index contributed by atoms with van der Waals surface area (Å²) in [6, 6.07) is 0. The average molecular weight is 145 g/mol. The van der Waals surface area contributed by atoms with Crippen molar-refractivity contribution >= 4 is 0 Å². The Labute approximate surface area is 55.3 Å². The lowest BCUT2D eigenvalue weighted by Gasteiger charge is -1.86. The molecular formula is C4H19NO4. The van der Waals surface area contributed by atoms with Crippen LogP contribution in [0.3, 0.4) is 0 Å². The van der Waals surface area contributed by atoms with Gasteiger partial charge in [0.1, 0.15) is 0 Å². The van der Waals surface area contributed by atoms with Crippen LogP contribution in [0.4, 0.5) is 0 Å². The van der Waals surface area contributed by atoms with E-state index in [2.05, 4.69) is 19.2 Å². The molecule has 64 valence electrons. The number of nitrogens with one attached hydrogen (secondary N) is 1. The summed E-state index contributed by atoms with van der Waals surface area (Å²) in [7, 11) is 0. The average Bonchev–Trinajstić information content (AvgIpc) is 1.41. The largest absolute Gasteiger partial charge is 0.412 e. The van der Waals surface area contributed by atoms with Crippen LogP contribution in [0.1, 0.15) is 13.8 Å². The molecule has 0 rings (SSSR count). The first kappa shape index (κ1) is 37.1. The molecule has 9 heavy (non-hydrogen) atoms. The molecule has 0 aromatic rings. The van der Waals surface area contributed by atoms with E-state index in [4.69, 9.17) is 0 Å². The zero-order valence-corrected chi connectivity index (χ0v) is 5.91. The summed E-state index contributed by atoms with van der Waals surface area (Å²) in [6.45, 7) is 6.39. The van der Waals surface area contributed by atoms with Crippen LogP contribution < -0.4 is 5.32 Å². The van der Waals surface area contributed by atoms with Crippen molar-refractivity contribution in [3.63, 3.8) is 0 Å². The van der Waals surface area contributed by atoms with Gasteiger partial charge in [0.05, 0.1) is 0 Å². The van der Waals surface area contributed by atoms with Crippen LogP contribution in [0.2, 0.25) is 0 Å². The zero-order valence-electron chi connectivity index (χ0n) is 5.91. The lowest BCUT2D eigenvalue weighted by atomic mass is 10.7. The molecule has 0 bridgehead atoms. The normalized spacial score (nSPS) is 4.67. The van der Waals surface area contributed by atoms with Gasteiger partial charge < -0.3 is 27.2 Å². The Hall–Kier alpha value is -0.200. The van der Waals surface area contributed by atoms with Crippen LogP contribution in [0.5, 0.6) is 0 Å². The predicted molar refractivity (Wildman–Crippen MR) is 38.7 cm³/mol. The second-order valence-electron chi connectivity index (χ2n) is 0.957. The molecule has 9 N–H and O–H groups in total. The van der Waals surface area contributed by atoms with E-state index in [-0.39, 0.29) is 21.9 Å². The maximum Gasteiger partial charge on any atom is -0.00775 e. The highest BCUT2D eigenvalue weighted by molar-refractivity contribution is 4.27. The van der Waals surface area contributed by atoms with E-state index >= 15 is 0 Å². The highest BCUT2D eigenvalue weighted by Crippen LogP contribution is 1.47. The molecular weight excluding hydrogens is 126 g/mol. The summed E-state index contributed by atoms with van der Waals surface area (Å²) >= 11 is 0. The molecule has 0 saturated heterocycles. The number of hydrogen-bond donors (Lipinski definition) is 1. The third-order valence-corrected chi connectivity index (χ3v) is 0.500. The molecule has 0 unspecified atom stereocenters. The molecule has 0 aromatic heterocycles. The van der Waals surface area contributed by atoms with Gasteiger partial charge in [0.25, 0.3) is 0 Å². The topological polar surface area (TPSA) is 138 Å². The summed E-state index contributed by atoms with van der Waals surface area (Å²) in [5.41, 5.74) is 0. The van der Waals surface area contributed by atoms with Crippen molar-refractivity contribution in [1.29, 1.82) is 0 Å². The van der Waals surface area contributed by atoms with Gasteiger partial charge >= 0.3 is 0 Å². The van der Waals surface area contributed by atoms with Crippen LogP contribution in [0.25, 0.3) is 0 Å². The van der Waals surface area contributed by atoms with Crippen LogP contribution in [0, 0.1) is 0 Å². The van der Waals surface area contributed by atoms with E-state index in [1.54, 1.807) is 0 Å². The van der Waals surface area contributed by atoms with Crippen LogP contribution in [-0.4, -0.2) is 35.0 Å². The molecule has 0 aliphatic rings. The van der Waals surface area contributed by atoms with Gasteiger partial charge in [0, 0.05) is 0 Å². The van der Waals surface area contributed by atoms with E-state index in [1.165, 1.54) is 0 Å². The lowest BCUT2D eigenvalue weighted by molar-refractivity contribution is 0.762. The minimum atomic E-state index is 0. The Kier molecular flexibility index (Phi) is 190. The van der Waals surface area contributed by atoms with E-state index < -0.39 is 0 Å². The smallest absolute Gasteiger partial charge is 0.00775 e. The predicted octanol–water partition coefficient (Wildman–Crippen LogP) is -2.68. The highest BCUT2D eigenvalue weighted by Gasteiger charge is 1.62. The number of rotatable bonds is 2. The van der Waals surface area contributed by atoms with E-state index in [9.17, 15) is 0 Å². The van der Waals surface area contributed by atoms with Gasteiger partial charge in [-0.25, -0.2) is 0 Å². The Morgan fingerprint density at radius 3 is 1.00 bits per heavy atom. The van der Waals surface area contributed by atoms with Crippen molar-refractivity contribution in [2.75, 3.05) is 13.1 Å². The highest BCUT2D eigenvalue weighted by atomic mass is 16.0. The van der Waals surface area contributed by atoms with Crippen LogP contribution in [-0.2, 0) is 0 Å². The molecule has 0 aromatic carbocycles. The Morgan fingerprint density at radius 2 is 1.00 bits per heavy atom. The second kappa shape index (κ2) is 46.0. The fourth-order valence-electron chi connectivity index (χ4n) is 0.250. The van der Waals surface area contributed by atoms with E-state index in [0.717, 1.165) is 13.1 Å². The molecule has 5 nitrogen and oxygen atoms in total. The maximum absolute atomic E-state index is 3.11. The minimum absolute atomic E-state index is 0. The minimum Gasteiger partial charge on any atom is -0.412 e. The third kappa shape index (κ3) is 81.0. The summed E-state index contributed by atoms with van der Waals surface area (Å²) < 4.78 is 0. The standard InChI is InChI=1S/C4H11N.4H2O/c1-3-5-4-2;;;;/h5H,3-4H2,1-2H3;4*1H2. The lowest BCUT2D eigenvalue weighted by Crippen LogP contribution is -2.09. The quantitative estimate of drug-likeness (QED) is 0.444. The fourth-order valence-corrected chi connectivity index (χ4v) is 0.250. The van der Waals surface area contributed by atoms with Crippen molar-refractivity contribution in [2.24, 2.45) is 0 Å². The Balaban J connectivity index is -0.0000000133. The van der Waals surface area contributed by atoms with Gasteiger partial charge in [-0.15, -0.1) is 0 Å². The molecule has 5 heteroatoms. The molecule has 0 spiro atoms. The third-order valence-electron chi connectivity index (χ3n) is 0.500. The first-order valence-corrected chi connectivity index (χ1v) is 2.12. The number of hydrogen-bond acceptors (Lipinski definition) is 1. The molecule has 0 atom stereocenters. The molecule has 0 fully saturated rings. The van der Waals surface area contributed by atoms with Gasteiger partial charge in [0.2, 0.25) is 0 Å². The van der Waals surface area contributed by atoms with Gasteiger partial charge in [-0.1, -0.05) is 13.8 Å². The summed E-state index contributed by atoms with van der Waals surface area (Å²) in [5.74, 6) is 0. The van der Waals surface area contributed by atoms with Crippen LogP contribution in [0.15, 0.2) is 0 Å². The van der Waals surface area contributed by atoms with E-state index in [0.29, 0.717) is 0 Å². The van der Waals surface area contributed by atoms with Gasteiger partial charge in [0.15, 0.2) is 0 Å². The first-order valence-electron chi connectivity index (χ1n) is 2.12. The van der Waals surface area contributed by atoms with Crippen LogP contribution >= 0.6 is 0 Å². The van der Waals surface area contributed by atoms with Gasteiger partial charge in [-0.2, -0.15) is 0 Å². The van der Waals surface area contributed by atoms with Crippen molar-refractivity contribution in [3.8, 4) is 0 Å². The Morgan fingerprint density at radius 1 is 0.778 bits per heavy atom. The van der Waals surface area contributed by atoms with Crippen molar-refractivity contribution < 1.29 is 21.9 Å². The van der Waals surface area contributed by atoms with Crippen molar-refractivity contribution in [2.45, 2.75) is 13.8 Å². The van der Waals surface area contributed by atoms with E-state index in [1.807, 2.05) is 0 Å². The molecule has 0 radical (unpaired) electrons. The molecule has 0 aliphatic carbocycles. The molecule has 0 saturated carbocycles. The van der Waals surface area contributed by atoms with Crippen molar-refractivity contribution in [3.05, 3.63) is 0 Å². The monoisotopic (exact) mass is 145 g/mol. The van der Waals surface area contributed by atoms with Crippen molar-refractivity contribution in [1.82, 2.24) is 5.32 Å². The fraction of sp³-hybridized carbons (Fsp3) is 1.00. The van der Waals surface area contributed by atoms with Gasteiger partial charge in [-0.3, -0.25) is 0 Å². The molecule has 0 amide bonds. The SMILES string of the molecule is CCNCC.O.O.O.O. The molecule has 0 aliphatic heterocycles. The molecule has 0 heterocycles. The van der Waals surface area contributed by atoms with Gasteiger partial charge in [-0.05, 0) is 13.1 Å². The Bertz CT molecular complexity index is 20.0. The summed E-state index contributed by atoms with van der Waals surface area (Å²) in [4.78, 5) is 0. The summed E-state index contributed by atoms with van der Waals surface area (Å²) in [6.07, 6.45) is 0. The summed E-state index contributed by atoms with van der Waals surface area (Å²) in [5, 5.41) is 3.11. The first-order chi connectivity index (χ1) is 2.41. The maximum atomic E-state index is 3.11. The zero-order chi connectivity index (χ0) is 4.12.